The lowest BCUT2D eigenvalue weighted by atomic mass is 9.90. The molecule has 1 aliphatic heterocycles. The van der Waals surface area contributed by atoms with Gasteiger partial charge in [-0.05, 0) is 18.1 Å². The van der Waals surface area contributed by atoms with Gasteiger partial charge in [-0.15, -0.1) is 24.8 Å². The number of piperazine rings is 1. The summed E-state index contributed by atoms with van der Waals surface area (Å²) in [5, 5.41) is 3.88. The molecular weight excluding hydrogens is 334 g/mol. The Morgan fingerprint density at radius 1 is 1.29 bits per heavy atom. The van der Waals surface area contributed by atoms with Gasteiger partial charge in [0.05, 0.1) is 0 Å². The number of nitrogens with one attached hydrogen (secondary N) is 1. The van der Waals surface area contributed by atoms with Crippen molar-refractivity contribution >= 4 is 36.4 Å². The van der Waals surface area contributed by atoms with E-state index in [4.69, 9.17) is 11.6 Å². The summed E-state index contributed by atoms with van der Waals surface area (Å²) in [7, 11) is 0. The highest BCUT2D eigenvalue weighted by molar-refractivity contribution is 6.31. The van der Waals surface area contributed by atoms with Crippen molar-refractivity contribution in [3.8, 4) is 0 Å². The molecule has 0 saturated carbocycles. The molecule has 122 valence electrons. The van der Waals surface area contributed by atoms with E-state index in [1.165, 1.54) is 6.07 Å². The third-order valence-corrected chi connectivity index (χ3v) is 4.35. The topological polar surface area (TPSA) is 15.3 Å². The lowest BCUT2D eigenvalue weighted by Crippen LogP contribution is -2.46. The predicted octanol–water partition coefficient (Wildman–Crippen LogP) is 4.32. The van der Waals surface area contributed by atoms with Gasteiger partial charge in [0.15, 0.2) is 0 Å². The number of benzene rings is 1. The van der Waals surface area contributed by atoms with E-state index in [2.05, 4.69) is 24.1 Å². The second-order valence-electron chi connectivity index (χ2n) is 5.25. The number of hydrogen-bond acceptors (Lipinski definition) is 2. The first kappa shape index (κ1) is 20.9. The fraction of sp³-hybridized carbons (Fsp3) is 0.600. The van der Waals surface area contributed by atoms with Crippen molar-refractivity contribution in [2.75, 3.05) is 26.2 Å². The van der Waals surface area contributed by atoms with E-state index < -0.39 is 0 Å². The van der Waals surface area contributed by atoms with Gasteiger partial charge in [-0.3, -0.25) is 4.90 Å². The maximum absolute atomic E-state index is 14.2. The summed E-state index contributed by atoms with van der Waals surface area (Å²) in [5.41, 5.74) is 0.667. The lowest BCUT2D eigenvalue weighted by Gasteiger charge is -2.38. The first-order chi connectivity index (χ1) is 9.15. The van der Waals surface area contributed by atoms with Crippen LogP contribution in [0.1, 0.15) is 31.9 Å². The maximum atomic E-state index is 14.2. The zero-order valence-corrected chi connectivity index (χ0v) is 14.8. The maximum Gasteiger partial charge on any atom is 0.129 e. The van der Waals surface area contributed by atoms with Gasteiger partial charge in [0, 0.05) is 42.8 Å². The second kappa shape index (κ2) is 9.86. The lowest BCUT2D eigenvalue weighted by molar-refractivity contribution is 0.125. The highest BCUT2D eigenvalue weighted by Crippen LogP contribution is 2.36. The Morgan fingerprint density at radius 2 is 1.90 bits per heavy atom. The molecule has 0 aromatic heterocycles. The third kappa shape index (κ3) is 4.97. The van der Waals surface area contributed by atoms with E-state index in [9.17, 15) is 4.39 Å². The van der Waals surface area contributed by atoms with Gasteiger partial charge in [0.25, 0.3) is 0 Å². The Hall–Kier alpha value is -0.0600. The Morgan fingerprint density at radius 3 is 2.43 bits per heavy atom. The van der Waals surface area contributed by atoms with Crippen molar-refractivity contribution in [3.63, 3.8) is 0 Å². The predicted molar refractivity (Wildman–Crippen MR) is 92.5 cm³/mol. The molecule has 0 aliphatic carbocycles. The van der Waals surface area contributed by atoms with Crippen molar-refractivity contribution < 1.29 is 4.39 Å². The Kier molecular flexibility index (Phi) is 9.83. The summed E-state index contributed by atoms with van der Waals surface area (Å²) >= 11 is 6.26. The molecule has 1 unspecified atom stereocenters. The van der Waals surface area contributed by atoms with Gasteiger partial charge < -0.3 is 5.32 Å². The highest BCUT2D eigenvalue weighted by atomic mass is 35.5. The van der Waals surface area contributed by atoms with Crippen molar-refractivity contribution in [1.29, 1.82) is 0 Å². The largest absolute Gasteiger partial charge is 0.314 e. The molecule has 1 fully saturated rings. The molecule has 1 aromatic rings. The van der Waals surface area contributed by atoms with Crippen LogP contribution in [-0.2, 0) is 0 Å². The summed E-state index contributed by atoms with van der Waals surface area (Å²) in [5.74, 6) is 0.198. The molecule has 1 N–H and O–H groups in total. The number of hydrogen-bond donors (Lipinski definition) is 1. The van der Waals surface area contributed by atoms with Gasteiger partial charge in [0.2, 0.25) is 0 Å². The van der Waals surface area contributed by atoms with Gasteiger partial charge in [-0.1, -0.05) is 37.9 Å². The van der Waals surface area contributed by atoms with E-state index >= 15 is 0 Å². The van der Waals surface area contributed by atoms with Crippen molar-refractivity contribution in [2.45, 2.75) is 26.3 Å². The monoisotopic (exact) mass is 356 g/mol. The molecule has 0 radical (unpaired) electrons. The molecular formula is C15H24Cl3FN2. The summed E-state index contributed by atoms with van der Waals surface area (Å²) in [6.45, 7) is 8.13. The summed E-state index contributed by atoms with van der Waals surface area (Å²) in [6, 6.07) is 5.05. The third-order valence-electron chi connectivity index (χ3n) is 4.02. The molecule has 21 heavy (non-hydrogen) atoms. The first-order valence-corrected chi connectivity index (χ1v) is 7.41. The number of rotatable bonds is 4. The van der Waals surface area contributed by atoms with E-state index in [1.54, 1.807) is 12.1 Å². The molecule has 2 atom stereocenters. The highest BCUT2D eigenvalue weighted by Gasteiger charge is 2.30. The average molecular weight is 358 g/mol. The van der Waals surface area contributed by atoms with Crippen LogP contribution in [0, 0.1) is 11.7 Å². The van der Waals surface area contributed by atoms with Crippen LogP contribution in [0.15, 0.2) is 18.2 Å². The van der Waals surface area contributed by atoms with E-state index in [0.29, 0.717) is 16.5 Å². The fourth-order valence-electron chi connectivity index (χ4n) is 2.80. The fourth-order valence-corrected chi connectivity index (χ4v) is 3.08. The van der Waals surface area contributed by atoms with Crippen molar-refractivity contribution in [2.24, 2.45) is 5.92 Å². The molecule has 1 aromatic carbocycles. The van der Waals surface area contributed by atoms with Crippen LogP contribution >= 0.6 is 36.4 Å². The molecule has 0 bridgehead atoms. The molecule has 2 rings (SSSR count). The first-order valence-electron chi connectivity index (χ1n) is 7.03. The minimum Gasteiger partial charge on any atom is -0.314 e. The molecule has 0 spiro atoms. The van der Waals surface area contributed by atoms with E-state index in [0.717, 1.165) is 32.6 Å². The molecule has 2 nitrogen and oxygen atoms in total. The zero-order valence-electron chi connectivity index (χ0n) is 12.4. The Balaban J connectivity index is 0.00000200. The summed E-state index contributed by atoms with van der Waals surface area (Å²) in [4.78, 5) is 2.36. The summed E-state index contributed by atoms with van der Waals surface area (Å²) < 4.78 is 14.2. The van der Waals surface area contributed by atoms with Crippen molar-refractivity contribution in [3.05, 3.63) is 34.6 Å². The standard InChI is InChI=1S/C15H22ClFN2.2ClH/c1-3-11(2)15(19-9-7-18-8-10-19)14-12(16)5-4-6-13(14)17;;/h4-6,11,15,18H,3,7-10H2,1-2H3;2*1H/t11?,15-;;/m1../s1. The molecule has 1 heterocycles. The van der Waals surface area contributed by atoms with Crippen LogP contribution < -0.4 is 5.32 Å². The zero-order chi connectivity index (χ0) is 13.8. The quantitative estimate of drug-likeness (QED) is 0.863. The Bertz CT molecular complexity index is 405. The average Bonchev–Trinajstić information content (AvgIpc) is 2.43. The smallest absolute Gasteiger partial charge is 0.129 e. The SMILES string of the molecule is CCC(C)[C@H](c1c(F)cccc1Cl)N1CCNCC1.Cl.Cl. The van der Waals surface area contributed by atoms with E-state index in [-0.39, 0.29) is 36.7 Å². The molecule has 0 amide bonds. The minimum atomic E-state index is -0.184. The molecule has 1 aliphatic rings. The molecule has 6 heteroatoms. The van der Waals surface area contributed by atoms with Gasteiger partial charge in [0.1, 0.15) is 5.82 Å². The van der Waals surface area contributed by atoms with Crippen LogP contribution in [0.2, 0.25) is 5.02 Å². The molecule has 1 saturated heterocycles. The van der Waals surface area contributed by atoms with Crippen LogP contribution in [0.5, 0.6) is 0 Å². The van der Waals surface area contributed by atoms with Gasteiger partial charge >= 0.3 is 0 Å². The van der Waals surface area contributed by atoms with Gasteiger partial charge in [-0.25, -0.2) is 4.39 Å². The van der Waals surface area contributed by atoms with Crippen LogP contribution in [0.3, 0.4) is 0 Å². The second-order valence-corrected chi connectivity index (χ2v) is 5.66. The number of halogens is 4. The summed E-state index contributed by atoms with van der Waals surface area (Å²) in [6.07, 6.45) is 1.01. The van der Waals surface area contributed by atoms with Gasteiger partial charge in [-0.2, -0.15) is 0 Å². The van der Waals surface area contributed by atoms with Crippen LogP contribution in [0.4, 0.5) is 4.39 Å². The number of nitrogens with zero attached hydrogens (tertiary/aromatic N) is 1. The van der Waals surface area contributed by atoms with Crippen molar-refractivity contribution in [1.82, 2.24) is 10.2 Å². The van der Waals surface area contributed by atoms with Crippen LogP contribution in [-0.4, -0.2) is 31.1 Å². The van der Waals surface area contributed by atoms with Crippen LogP contribution in [0.25, 0.3) is 0 Å². The Labute approximate surface area is 144 Å². The minimum absolute atomic E-state index is 0. The normalized spacial score (nSPS) is 18.3. The van der Waals surface area contributed by atoms with E-state index in [1.807, 2.05) is 0 Å².